The number of benzene rings is 1. The van der Waals surface area contributed by atoms with Crippen LogP contribution in [0.1, 0.15) is 41.6 Å². The molecule has 0 aliphatic heterocycles. The number of nitrogens with zero attached hydrogens (tertiary/aromatic N) is 1. The molecule has 1 aromatic rings. The molecule has 1 saturated carbocycles. The van der Waals surface area contributed by atoms with Crippen molar-refractivity contribution in [2.75, 3.05) is 7.05 Å². The lowest BCUT2D eigenvalue weighted by Gasteiger charge is -2.25. The Morgan fingerprint density at radius 3 is 2.43 bits per heavy atom. The summed E-state index contributed by atoms with van der Waals surface area (Å²) in [4.78, 5) is 14.3. The first-order valence-corrected chi connectivity index (χ1v) is 9.84. The molecule has 1 aliphatic rings. The lowest BCUT2D eigenvalue weighted by Crippen LogP contribution is -2.35. The van der Waals surface area contributed by atoms with Crippen molar-refractivity contribution >= 4 is 41.6 Å². The number of halogens is 2. The van der Waals surface area contributed by atoms with Gasteiger partial charge < -0.3 is 4.90 Å². The SMILES string of the molecule is Cc1c(C(=O)N(C)C2CCCC2)cc(Br)cc1S(=O)(=O)Cl. The van der Waals surface area contributed by atoms with Crippen LogP contribution in [0.2, 0.25) is 0 Å². The Balaban J connectivity index is 2.44. The van der Waals surface area contributed by atoms with Gasteiger partial charge in [-0.15, -0.1) is 0 Å². The maximum absolute atomic E-state index is 12.7. The van der Waals surface area contributed by atoms with Crippen LogP contribution < -0.4 is 0 Å². The number of hydrogen-bond acceptors (Lipinski definition) is 3. The minimum atomic E-state index is -3.89. The van der Waals surface area contributed by atoms with E-state index >= 15 is 0 Å². The minimum Gasteiger partial charge on any atom is -0.339 e. The molecular formula is C14H17BrClNO3S. The molecular weight excluding hydrogens is 378 g/mol. The van der Waals surface area contributed by atoms with Crippen LogP contribution in [0.25, 0.3) is 0 Å². The van der Waals surface area contributed by atoms with E-state index in [2.05, 4.69) is 15.9 Å². The molecule has 0 aromatic heterocycles. The van der Waals surface area contributed by atoms with E-state index in [4.69, 9.17) is 10.7 Å². The maximum atomic E-state index is 12.7. The summed E-state index contributed by atoms with van der Waals surface area (Å²) in [5.74, 6) is -0.165. The van der Waals surface area contributed by atoms with Crippen LogP contribution in [0, 0.1) is 6.92 Å². The molecule has 0 saturated heterocycles. The smallest absolute Gasteiger partial charge is 0.261 e. The van der Waals surface area contributed by atoms with Gasteiger partial charge in [0.1, 0.15) is 0 Å². The van der Waals surface area contributed by atoms with Gasteiger partial charge in [0.25, 0.3) is 15.0 Å². The van der Waals surface area contributed by atoms with E-state index in [1.54, 1.807) is 24.9 Å². The highest BCUT2D eigenvalue weighted by atomic mass is 79.9. The Hall–Kier alpha value is -0.590. The minimum absolute atomic E-state index is 0.0262. The van der Waals surface area contributed by atoms with E-state index in [-0.39, 0.29) is 16.8 Å². The van der Waals surface area contributed by atoms with Gasteiger partial charge in [0.15, 0.2) is 0 Å². The van der Waals surface area contributed by atoms with E-state index in [1.807, 2.05) is 0 Å². The van der Waals surface area contributed by atoms with Crippen molar-refractivity contribution in [1.29, 1.82) is 0 Å². The standard InChI is InChI=1S/C14H17BrClNO3S/c1-9-12(7-10(15)8-13(9)21(16,19)20)14(18)17(2)11-5-3-4-6-11/h7-8,11H,3-6H2,1-2H3. The summed E-state index contributed by atoms with van der Waals surface area (Å²) in [6.45, 7) is 1.61. The van der Waals surface area contributed by atoms with Crippen LogP contribution in [-0.4, -0.2) is 32.3 Å². The third kappa shape index (κ3) is 3.60. The normalized spacial score (nSPS) is 16.2. The Morgan fingerprint density at radius 1 is 1.33 bits per heavy atom. The molecule has 4 nitrogen and oxygen atoms in total. The average Bonchev–Trinajstić information content (AvgIpc) is 2.92. The summed E-state index contributed by atoms with van der Waals surface area (Å²) < 4.78 is 23.8. The van der Waals surface area contributed by atoms with Gasteiger partial charge in [-0.2, -0.15) is 0 Å². The van der Waals surface area contributed by atoms with Crippen molar-refractivity contribution < 1.29 is 13.2 Å². The Bertz CT molecular complexity index is 669. The van der Waals surface area contributed by atoms with Gasteiger partial charge >= 0.3 is 0 Å². The summed E-state index contributed by atoms with van der Waals surface area (Å²) in [7, 11) is 3.33. The van der Waals surface area contributed by atoms with E-state index < -0.39 is 9.05 Å². The lowest BCUT2D eigenvalue weighted by molar-refractivity contribution is 0.0734. The number of amides is 1. The molecule has 1 amide bonds. The average molecular weight is 395 g/mol. The summed E-state index contributed by atoms with van der Waals surface area (Å²) in [5.41, 5.74) is 0.765. The number of carbonyl (C=O) groups is 1. The number of rotatable bonds is 3. The molecule has 7 heteroatoms. The van der Waals surface area contributed by atoms with Crippen molar-refractivity contribution in [2.24, 2.45) is 0 Å². The third-order valence-electron chi connectivity index (χ3n) is 4.01. The summed E-state index contributed by atoms with van der Waals surface area (Å²) in [6.07, 6.45) is 4.24. The molecule has 0 heterocycles. The quantitative estimate of drug-likeness (QED) is 0.735. The second kappa shape index (κ2) is 6.26. The number of carbonyl (C=O) groups excluding carboxylic acids is 1. The maximum Gasteiger partial charge on any atom is 0.261 e. The second-order valence-corrected chi connectivity index (χ2v) is 8.82. The Labute approximate surface area is 138 Å². The highest BCUT2D eigenvalue weighted by Gasteiger charge is 2.27. The predicted octanol–water partition coefficient (Wildman–Crippen LogP) is 3.70. The molecule has 21 heavy (non-hydrogen) atoms. The molecule has 1 fully saturated rings. The van der Waals surface area contributed by atoms with Crippen LogP contribution in [0.4, 0.5) is 0 Å². The highest BCUT2D eigenvalue weighted by molar-refractivity contribution is 9.10. The Kier molecular flexibility index (Phi) is 5.00. The van der Waals surface area contributed by atoms with E-state index in [1.165, 1.54) is 6.07 Å². The van der Waals surface area contributed by atoms with Crippen molar-refractivity contribution in [1.82, 2.24) is 4.90 Å². The third-order valence-corrected chi connectivity index (χ3v) is 5.92. The Morgan fingerprint density at radius 2 is 1.90 bits per heavy atom. The molecule has 0 spiro atoms. The van der Waals surface area contributed by atoms with E-state index in [9.17, 15) is 13.2 Å². The van der Waals surface area contributed by atoms with Gasteiger partial charge in [-0.1, -0.05) is 28.8 Å². The largest absolute Gasteiger partial charge is 0.339 e. The van der Waals surface area contributed by atoms with Gasteiger partial charge in [-0.3, -0.25) is 4.79 Å². The molecule has 2 rings (SSSR count). The lowest BCUT2D eigenvalue weighted by atomic mass is 10.1. The second-order valence-electron chi connectivity index (χ2n) is 5.37. The van der Waals surface area contributed by atoms with E-state index in [0.717, 1.165) is 25.7 Å². The molecule has 1 aliphatic carbocycles. The monoisotopic (exact) mass is 393 g/mol. The fourth-order valence-electron chi connectivity index (χ4n) is 2.78. The molecule has 0 N–H and O–H groups in total. The van der Waals surface area contributed by atoms with Gasteiger partial charge in [-0.25, -0.2) is 8.42 Å². The zero-order valence-corrected chi connectivity index (χ0v) is 15.1. The van der Waals surface area contributed by atoms with Gasteiger partial charge in [0.05, 0.1) is 4.90 Å². The summed E-state index contributed by atoms with van der Waals surface area (Å²) >= 11 is 3.25. The molecule has 116 valence electrons. The molecule has 0 radical (unpaired) electrons. The molecule has 0 bridgehead atoms. The number of hydrogen-bond donors (Lipinski definition) is 0. The van der Waals surface area contributed by atoms with Gasteiger partial charge in [0, 0.05) is 33.8 Å². The first kappa shape index (κ1) is 16.8. The fourth-order valence-corrected chi connectivity index (χ4v) is 4.61. The van der Waals surface area contributed by atoms with Gasteiger partial charge in [-0.05, 0) is 37.5 Å². The van der Waals surface area contributed by atoms with Crippen molar-refractivity contribution in [3.8, 4) is 0 Å². The highest BCUT2D eigenvalue weighted by Crippen LogP contribution is 2.30. The summed E-state index contributed by atoms with van der Waals surface area (Å²) in [6, 6.07) is 3.30. The topological polar surface area (TPSA) is 54.5 Å². The zero-order chi connectivity index (χ0) is 15.8. The van der Waals surface area contributed by atoms with Crippen molar-refractivity contribution in [2.45, 2.75) is 43.5 Å². The zero-order valence-electron chi connectivity index (χ0n) is 11.9. The van der Waals surface area contributed by atoms with E-state index in [0.29, 0.717) is 15.6 Å². The van der Waals surface area contributed by atoms with Crippen LogP contribution >= 0.6 is 26.6 Å². The predicted molar refractivity (Wildman–Crippen MR) is 86.3 cm³/mol. The molecule has 0 atom stereocenters. The van der Waals surface area contributed by atoms with Gasteiger partial charge in [0.2, 0.25) is 0 Å². The van der Waals surface area contributed by atoms with Crippen LogP contribution in [0.5, 0.6) is 0 Å². The fraction of sp³-hybridized carbons (Fsp3) is 0.500. The molecule has 0 unspecified atom stereocenters. The van der Waals surface area contributed by atoms with Crippen molar-refractivity contribution in [3.05, 3.63) is 27.7 Å². The van der Waals surface area contributed by atoms with Crippen LogP contribution in [0.15, 0.2) is 21.5 Å². The van der Waals surface area contributed by atoms with Crippen LogP contribution in [0.3, 0.4) is 0 Å². The molecule has 1 aromatic carbocycles. The summed E-state index contributed by atoms with van der Waals surface area (Å²) in [5, 5.41) is 0. The first-order valence-electron chi connectivity index (χ1n) is 6.74. The van der Waals surface area contributed by atoms with Crippen molar-refractivity contribution in [3.63, 3.8) is 0 Å². The first-order chi connectivity index (χ1) is 9.71. The van der Waals surface area contributed by atoms with Crippen LogP contribution in [-0.2, 0) is 9.05 Å².